The Kier molecular flexibility index (Phi) is 7.22. The van der Waals surface area contributed by atoms with Gasteiger partial charge in [0.1, 0.15) is 0 Å². The quantitative estimate of drug-likeness (QED) is 0.283. The molecule has 144 valence electrons. The van der Waals surface area contributed by atoms with E-state index < -0.39 is 0 Å². The van der Waals surface area contributed by atoms with Crippen molar-refractivity contribution in [1.29, 1.82) is 0 Å². The maximum absolute atomic E-state index is 11.7. The van der Waals surface area contributed by atoms with Gasteiger partial charge in [0.05, 0.1) is 11.9 Å². The first-order valence-electron chi connectivity index (χ1n) is 8.97. The number of amides is 1. The lowest BCUT2D eigenvalue weighted by atomic mass is 10.1. The number of aromatic nitrogens is 1. The van der Waals surface area contributed by atoms with E-state index in [1.54, 1.807) is 18.0 Å². The van der Waals surface area contributed by atoms with Gasteiger partial charge in [-0.25, -0.2) is 4.98 Å². The van der Waals surface area contributed by atoms with Gasteiger partial charge in [0.15, 0.2) is 0 Å². The molecule has 0 aliphatic heterocycles. The summed E-state index contributed by atoms with van der Waals surface area (Å²) in [5.74, 6) is 0.0383. The van der Waals surface area contributed by atoms with Crippen LogP contribution in [0.1, 0.15) is 25.3 Å². The molecular formula is C21H22N4OS2. The smallest absolute Gasteiger partial charge is 0.224 e. The fourth-order valence-electron chi connectivity index (χ4n) is 2.48. The summed E-state index contributed by atoms with van der Waals surface area (Å²) < 4.78 is 0. The summed E-state index contributed by atoms with van der Waals surface area (Å²) in [7, 11) is 0. The highest BCUT2D eigenvalue weighted by molar-refractivity contribution is 7.98. The number of thiazole rings is 1. The van der Waals surface area contributed by atoms with Gasteiger partial charge in [0.25, 0.3) is 0 Å². The average molecular weight is 411 g/mol. The molecule has 1 aromatic heterocycles. The van der Waals surface area contributed by atoms with Crippen molar-refractivity contribution in [3.05, 3.63) is 59.5 Å². The number of thioether (sulfide) groups is 1. The first-order valence-corrected chi connectivity index (χ1v) is 11.1. The summed E-state index contributed by atoms with van der Waals surface area (Å²) in [5.41, 5.74) is 6.68. The molecule has 0 saturated heterocycles. The van der Waals surface area contributed by atoms with Crippen molar-refractivity contribution in [3.8, 4) is 11.3 Å². The number of carbonyl (C=O) groups is 1. The Bertz CT molecular complexity index is 934. The van der Waals surface area contributed by atoms with E-state index in [0.29, 0.717) is 6.42 Å². The van der Waals surface area contributed by atoms with Gasteiger partial charge in [-0.2, -0.15) is 5.10 Å². The Hall–Kier alpha value is -2.64. The Morgan fingerprint density at radius 2 is 1.93 bits per heavy atom. The zero-order chi connectivity index (χ0) is 19.8. The van der Waals surface area contributed by atoms with E-state index in [1.807, 2.05) is 48.7 Å². The van der Waals surface area contributed by atoms with Gasteiger partial charge in [0.2, 0.25) is 11.0 Å². The first-order chi connectivity index (χ1) is 13.7. The third-order valence-electron chi connectivity index (χ3n) is 3.94. The van der Waals surface area contributed by atoms with Crippen LogP contribution in [0.3, 0.4) is 0 Å². The Morgan fingerprint density at radius 1 is 1.18 bits per heavy atom. The summed E-state index contributed by atoms with van der Waals surface area (Å²) in [6.07, 6.45) is 5.20. The maximum Gasteiger partial charge on any atom is 0.224 e. The second-order valence-corrected chi connectivity index (χ2v) is 7.79. The van der Waals surface area contributed by atoms with E-state index >= 15 is 0 Å². The molecular weight excluding hydrogens is 388 g/mol. The lowest BCUT2D eigenvalue weighted by Crippen LogP contribution is -2.10. The molecule has 0 bridgehead atoms. The van der Waals surface area contributed by atoms with E-state index in [0.717, 1.165) is 34.1 Å². The monoisotopic (exact) mass is 410 g/mol. The summed E-state index contributed by atoms with van der Waals surface area (Å²) in [4.78, 5) is 17.5. The second-order valence-electron chi connectivity index (χ2n) is 6.06. The van der Waals surface area contributed by atoms with Crippen LogP contribution < -0.4 is 10.7 Å². The number of hydrazone groups is 1. The van der Waals surface area contributed by atoms with E-state index in [4.69, 9.17) is 0 Å². The molecule has 2 N–H and O–H groups in total. The molecule has 3 aromatic rings. The summed E-state index contributed by atoms with van der Waals surface area (Å²) >= 11 is 3.21. The Labute approximate surface area is 173 Å². The van der Waals surface area contributed by atoms with Crippen molar-refractivity contribution in [2.75, 3.05) is 17.0 Å². The molecule has 2 aromatic carbocycles. The van der Waals surface area contributed by atoms with Gasteiger partial charge in [0, 0.05) is 27.9 Å². The predicted octanol–water partition coefficient (Wildman–Crippen LogP) is 5.72. The molecule has 0 radical (unpaired) electrons. The van der Waals surface area contributed by atoms with E-state index in [2.05, 4.69) is 39.2 Å². The number of carbonyl (C=O) groups excluding carboxylic acids is 1. The third kappa shape index (κ3) is 5.68. The van der Waals surface area contributed by atoms with Crippen LogP contribution in [0.4, 0.5) is 10.8 Å². The average Bonchev–Trinajstić information content (AvgIpc) is 3.18. The lowest BCUT2D eigenvalue weighted by molar-refractivity contribution is -0.116. The summed E-state index contributed by atoms with van der Waals surface area (Å²) in [6.45, 7) is 1.99. The SMILES string of the molecule is CCCC(=O)Nc1ccc(-c2csc(NN=Cc3ccc(SC)cc3)n2)cc1. The molecule has 0 unspecified atom stereocenters. The number of nitrogens with zero attached hydrogens (tertiary/aromatic N) is 2. The fraction of sp³-hybridized carbons (Fsp3) is 0.190. The largest absolute Gasteiger partial charge is 0.326 e. The summed E-state index contributed by atoms with van der Waals surface area (Å²) in [6, 6.07) is 15.9. The van der Waals surface area contributed by atoms with Crippen LogP contribution >= 0.6 is 23.1 Å². The Balaban J connectivity index is 1.58. The van der Waals surface area contributed by atoms with Crippen molar-refractivity contribution in [1.82, 2.24) is 4.98 Å². The Morgan fingerprint density at radius 3 is 2.61 bits per heavy atom. The highest BCUT2D eigenvalue weighted by Crippen LogP contribution is 2.26. The molecule has 0 atom stereocenters. The fourth-order valence-corrected chi connectivity index (χ4v) is 3.56. The van der Waals surface area contributed by atoms with Gasteiger partial charge >= 0.3 is 0 Å². The second kappa shape index (κ2) is 10.1. The van der Waals surface area contributed by atoms with Gasteiger partial charge < -0.3 is 5.32 Å². The minimum absolute atomic E-state index is 0.0383. The highest BCUT2D eigenvalue weighted by atomic mass is 32.2. The molecule has 28 heavy (non-hydrogen) atoms. The van der Waals surface area contributed by atoms with Crippen molar-refractivity contribution >= 4 is 46.0 Å². The highest BCUT2D eigenvalue weighted by Gasteiger charge is 2.05. The molecule has 3 rings (SSSR count). The van der Waals surface area contributed by atoms with Crippen LogP contribution in [0.25, 0.3) is 11.3 Å². The first kappa shape index (κ1) is 20.1. The molecule has 0 aliphatic carbocycles. The van der Waals surface area contributed by atoms with Crippen LogP contribution in [0.5, 0.6) is 0 Å². The van der Waals surface area contributed by atoms with Crippen LogP contribution in [0.2, 0.25) is 0 Å². The number of hydrogen-bond donors (Lipinski definition) is 2. The molecule has 0 aliphatic rings. The van der Waals surface area contributed by atoms with Gasteiger partial charge in [-0.15, -0.1) is 23.1 Å². The number of hydrogen-bond acceptors (Lipinski definition) is 6. The minimum Gasteiger partial charge on any atom is -0.326 e. The molecule has 1 heterocycles. The van der Waals surface area contributed by atoms with Gasteiger partial charge in [-0.3, -0.25) is 10.2 Å². The van der Waals surface area contributed by atoms with E-state index in [9.17, 15) is 4.79 Å². The molecule has 0 fully saturated rings. The minimum atomic E-state index is 0.0383. The lowest BCUT2D eigenvalue weighted by Gasteiger charge is -2.04. The molecule has 1 amide bonds. The normalized spacial score (nSPS) is 10.9. The zero-order valence-electron chi connectivity index (χ0n) is 15.8. The number of rotatable bonds is 8. The zero-order valence-corrected chi connectivity index (χ0v) is 17.4. The van der Waals surface area contributed by atoms with Crippen molar-refractivity contribution in [3.63, 3.8) is 0 Å². The van der Waals surface area contributed by atoms with Crippen molar-refractivity contribution < 1.29 is 4.79 Å². The number of nitrogens with one attached hydrogen (secondary N) is 2. The van der Waals surface area contributed by atoms with E-state index in [1.165, 1.54) is 16.2 Å². The topological polar surface area (TPSA) is 66.4 Å². The summed E-state index contributed by atoms with van der Waals surface area (Å²) in [5, 5.41) is 9.86. The number of benzene rings is 2. The van der Waals surface area contributed by atoms with Gasteiger partial charge in [-0.1, -0.05) is 31.2 Å². The predicted molar refractivity (Wildman–Crippen MR) is 121 cm³/mol. The van der Waals surface area contributed by atoms with Crippen LogP contribution in [-0.2, 0) is 4.79 Å². The third-order valence-corrected chi connectivity index (χ3v) is 5.43. The van der Waals surface area contributed by atoms with Crippen LogP contribution in [0.15, 0.2) is 63.9 Å². The molecule has 7 heteroatoms. The molecule has 0 spiro atoms. The van der Waals surface area contributed by atoms with Crippen molar-refractivity contribution in [2.24, 2.45) is 5.10 Å². The van der Waals surface area contributed by atoms with Crippen LogP contribution in [-0.4, -0.2) is 23.4 Å². The van der Waals surface area contributed by atoms with Crippen molar-refractivity contribution in [2.45, 2.75) is 24.7 Å². The van der Waals surface area contributed by atoms with E-state index in [-0.39, 0.29) is 5.91 Å². The molecule has 0 saturated carbocycles. The standard InChI is InChI=1S/C21H22N4OS2/c1-3-4-20(26)23-17-9-7-16(8-10-17)19-14-28-21(24-19)25-22-13-15-5-11-18(27-2)12-6-15/h5-14H,3-4H2,1-2H3,(H,23,26)(H,24,25). The van der Waals surface area contributed by atoms with Gasteiger partial charge in [-0.05, 0) is 42.5 Å². The molecule has 5 nitrogen and oxygen atoms in total. The number of anilines is 2. The maximum atomic E-state index is 11.7. The van der Waals surface area contributed by atoms with Crippen LogP contribution in [0, 0.1) is 0 Å².